The zero-order valence-electron chi connectivity index (χ0n) is 17.7. The van der Waals surface area contributed by atoms with Crippen molar-refractivity contribution in [2.75, 3.05) is 36.4 Å². The van der Waals surface area contributed by atoms with Crippen LogP contribution in [-0.2, 0) is 6.18 Å². The van der Waals surface area contributed by atoms with Gasteiger partial charge in [0.25, 0.3) is 0 Å². The van der Waals surface area contributed by atoms with Crippen molar-refractivity contribution in [3.05, 3.63) is 52.8 Å². The van der Waals surface area contributed by atoms with Gasteiger partial charge >= 0.3 is 6.18 Å². The lowest BCUT2D eigenvalue weighted by Crippen LogP contribution is -2.43. The highest BCUT2D eigenvalue weighted by atomic mass is 19.4. The van der Waals surface area contributed by atoms with Crippen molar-refractivity contribution >= 4 is 22.4 Å². The number of hydrogen-bond acceptors (Lipinski definition) is 6. The van der Waals surface area contributed by atoms with Crippen LogP contribution in [0.1, 0.15) is 35.3 Å². The van der Waals surface area contributed by atoms with Crippen molar-refractivity contribution < 1.29 is 13.2 Å². The monoisotopic (exact) mass is 430 g/mol. The first-order valence-corrected chi connectivity index (χ1v) is 10.3. The first-order chi connectivity index (χ1) is 14.8. The fourth-order valence-corrected chi connectivity index (χ4v) is 4.05. The SMILES string of the molecule is Cc1c(C(C)Nc2nnc(C)c3cnc(N4CCNCC4)cc23)cccc1C(F)(F)F. The number of rotatable bonds is 4. The fourth-order valence-electron chi connectivity index (χ4n) is 4.05. The second kappa shape index (κ2) is 8.30. The van der Waals surface area contributed by atoms with Gasteiger partial charge in [0.1, 0.15) is 5.82 Å². The third kappa shape index (κ3) is 4.27. The molecule has 3 aromatic rings. The normalized spacial score (nSPS) is 15.9. The van der Waals surface area contributed by atoms with Crippen LogP contribution in [0.25, 0.3) is 10.8 Å². The standard InChI is InChI=1S/C22H25F3N6/c1-13-16(5-4-6-19(13)22(23,24)25)14(2)28-21-17-11-20(31-9-7-26-8-10-31)27-12-18(17)15(3)29-30-21/h4-6,11-12,14,26H,7-10H2,1-3H3,(H,28,30). The van der Waals surface area contributed by atoms with E-state index in [1.807, 2.05) is 19.9 Å². The summed E-state index contributed by atoms with van der Waals surface area (Å²) in [5, 5.41) is 16.9. The van der Waals surface area contributed by atoms with Crippen molar-refractivity contribution in [2.45, 2.75) is 33.0 Å². The van der Waals surface area contributed by atoms with E-state index in [-0.39, 0.29) is 5.56 Å². The van der Waals surface area contributed by atoms with Gasteiger partial charge < -0.3 is 15.5 Å². The fraction of sp³-hybridized carbons (Fsp3) is 0.409. The Kier molecular flexibility index (Phi) is 5.70. The minimum Gasteiger partial charge on any atom is -0.362 e. The van der Waals surface area contributed by atoms with Crippen molar-refractivity contribution in [3.63, 3.8) is 0 Å². The molecule has 1 aliphatic heterocycles. The molecule has 4 rings (SSSR count). The Labute approximate surface area is 178 Å². The maximum absolute atomic E-state index is 13.3. The number of anilines is 2. The smallest absolute Gasteiger partial charge is 0.362 e. The maximum atomic E-state index is 13.3. The van der Waals surface area contributed by atoms with E-state index in [2.05, 4.69) is 30.7 Å². The summed E-state index contributed by atoms with van der Waals surface area (Å²) in [7, 11) is 0. The number of aromatic nitrogens is 3. The summed E-state index contributed by atoms with van der Waals surface area (Å²) in [6.45, 7) is 8.70. The van der Waals surface area contributed by atoms with Crippen molar-refractivity contribution in [1.82, 2.24) is 20.5 Å². The molecule has 1 unspecified atom stereocenters. The van der Waals surface area contributed by atoms with Gasteiger partial charge in [-0.3, -0.25) is 0 Å². The van der Waals surface area contributed by atoms with Crippen LogP contribution in [0.3, 0.4) is 0 Å². The van der Waals surface area contributed by atoms with E-state index in [1.165, 1.54) is 13.0 Å². The van der Waals surface area contributed by atoms with E-state index in [0.717, 1.165) is 54.5 Å². The molecular formula is C22H25F3N6. The van der Waals surface area contributed by atoms with Gasteiger partial charge in [-0.05, 0) is 44.0 Å². The van der Waals surface area contributed by atoms with Gasteiger partial charge in [0.2, 0.25) is 0 Å². The van der Waals surface area contributed by atoms with Crippen molar-refractivity contribution in [2.24, 2.45) is 0 Å². The number of aryl methyl sites for hydroxylation is 1. The minimum atomic E-state index is -4.39. The van der Waals surface area contributed by atoms with Crippen LogP contribution in [-0.4, -0.2) is 41.4 Å². The van der Waals surface area contributed by atoms with Gasteiger partial charge in [-0.2, -0.15) is 18.3 Å². The molecule has 1 fully saturated rings. The molecule has 31 heavy (non-hydrogen) atoms. The first kappa shape index (κ1) is 21.3. The molecule has 6 nitrogen and oxygen atoms in total. The number of halogens is 3. The highest BCUT2D eigenvalue weighted by Crippen LogP contribution is 2.35. The molecule has 3 heterocycles. The number of hydrogen-bond donors (Lipinski definition) is 2. The molecule has 0 spiro atoms. The molecule has 9 heteroatoms. The van der Waals surface area contributed by atoms with Crippen LogP contribution in [0.15, 0.2) is 30.5 Å². The van der Waals surface area contributed by atoms with E-state index >= 15 is 0 Å². The van der Waals surface area contributed by atoms with Gasteiger partial charge in [0.15, 0.2) is 5.82 Å². The number of fused-ring (bicyclic) bond motifs is 1. The quantitative estimate of drug-likeness (QED) is 0.645. The number of nitrogens with zero attached hydrogens (tertiary/aromatic N) is 4. The zero-order valence-corrected chi connectivity index (χ0v) is 17.7. The number of benzene rings is 1. The number of nitrogens with one attached hydrogen (secondary N) is 2. The molecule has 0 radical (unpaired) electrons. The van der Waals surface area contributed by atoms with Crippen LogP contribution in [0.4, 0.5) is 24.8 Å². The van der Waals surface area contributed by atoms with E-state index in [4.69, 9.17) is 0 Å². The summed E-state index contributed by atoms with van der Waals surface area (Å²) in [6.07, 6.45) is -2.60. The van der Waals surface area contributed by atoms with Gasteiger partial charge in [0, 0.05) is 43.1 Å². The van der Waals surface area contributed by atoms with Crippen molar-refractivity contribution in [3.8, 4) is 0 Å². The van der Waals surface area contributed by atoms with Gasteiger partial charge in [0.05, 0.1) is 17.3 Å². The number of pyridine rings is 1. The molecule has 0 saturated carbocycles. The van der Waals surface area contributed by atoms with Crippen molar-refractivity contribution in [1.29, 1.82) is 0 Å². The summed E-state index contributed by atoms with van der Waals surface area (Å²) in [4.78, 5) is 6.80. The molecule has 164 valence electrons. The summed E-state index contributed by atoms with van der Waals surface area (Å²) in [5.41, 5.74) is 0.913. The van der Waals surface area contributed by atoms with Crippen LogP contribution in [0.5, 0.6) is 0 Å². The van der Waals surface area contributed by atoms with Crippen LogP contribution < -0.4 is 15.5 Å². The minimum absolute atomic E-state index is 0.211. The van der Waals surface area contributed by atoms with Gasteiger partial charge in [-0.15, -0.1) is 5.10 Å². The Morgan fingerprint density at radius 2 is 1.84 bits per heavy atom. The highest BCUT2D eigenvalue weighted by molar-refractivity contribution is 5.94. The lowest BCUT2D eigenvalue weighted by Gasteiger charge is -2.28. The van der Waals surface area contributed by atoms with E-state index < -0.39 is 17.8 Å². The Balaban J connectivity index is 1.70. The lowest BCUT2D eigenvalue weighted by molar-refractivity contribution is -0.138. The lowest BCUT2D eigenvalue weighted by atomic mass is 9.97. The topological polar surface area (TPSA) is 66.0 Å². The predicted octanol–water partition coefficient (Wildman–Crippen LogP) is 4.24. The van der Waals surface area contributed by atoms with Crippen LogP contribution >= 0.6 is 0 Å². The second-order valence-corrected chi connectivity index (χ2v) is 7.84. The summed E-state index contributed by atoms with van der Waals surface area (Å²) >= 11 is 0. The van der Waals surface area contributed by atoms with E-state index in [0.29, 0.717) is 11.4 Å². The number of piperazine rings is 1. The molecule has 0 bridgehead atoms. The molecule has 0 amide bonds. The molecular weight excluding hydrogens is 405 g/mol. The van der Waals surface area contributed by atoms with E-state index in [1.54, 1.807) is 12.3 Å². The third-order valence-corrected chi connectivity index (χ3v) is 5.78. The second-order valence-electron chi connectivity index (χ2n) is 7.84. The Morgan fingerprint density at radius 1 is 1.10 bits per heavy atom. The van der Waals surface area contributed by atoms with Crippen LogP contribution in [0.2, 0.25) is 0 Å². The van der Waals surface area contributed by atoms with Gasteiger partial charge in [-0.25, -0.2) is 4.98 Å². The van der Waals surface area contributed by atoms with Gasteiger partial charge in [-0.1, -0.05) is 12.1 Å². The Hall–Kier alpha value is -2.94. The predicted molar refractivity (Wildman–Crippen MR) is 115 cm³/mol. The zero-order chi connectivity index (χ0) is 22.2. The average molecular weight is 430 g/mol. The molecule has 1 atom stereocenters. The first-order valence-electron chi connectivity index (χ1n) is 10.3. The Bertz CT molecular complexity index is 1090. The highest BCUT2D eigenvalue weighted by Gasteiger charge is 2.33. The molecule has 1 saturated heterocycles. The molecule has 1 aliphatic rings. The van der Waals surface area contributed by atoms with Crippen LogP contribution in [0, 0.1) is 13.8 Å². The third-order valence-electron chi connectivity index (χ3n) is 5.78. The molecule has 2 N–H and O–H groups in total. The summed E-state index contributed by atoms with van der Waals surface area (Å²) in [5.74, 6) is 1.39. The summed E-state index contributed by atoms with van der Waals surface area (Å²) < 4.78 is 40.0. The summed E-state index contributed by atoms with van der Waals surface area (Å²) in [6, 6.07) is 5.85. The maximum Gasteiger partial charge on any atom is 0.416 e. The Morgan fingerprint density at radius 3 is 2.55 bits per heavy atom. The number of alkyl halides is 3. The molecule has 0 aliphatic carbocycles. The average Bonchev–Trinajstić information content (AvgIpc) is 2.75. The largest absolute Gasteiger partial charge is 0.416 e. The van der Waals surface area contributed by atoms with E-state index in [9.17, 15) is 13.2 Å². The molecule has 1 aromatic carbocycles. The molecule has 2 aromatic heterocycles.